The SMILES string of the molecule is CCc1nc(SCC(=O)C23CC4CC(CC(C4)C2)C3)n[nH]1. The molecule has 0 unspecified atom stereocenters. The molecule has 0 spiro atoms. The maximum atomic E-state index is 12.9. The van der Waals surface area contributed by atoms with Gasteiger partial charge in [0.05, 0.1) is 5.75 Å². The Kier molecular flexibility index (Phi) is 3.36. The van der Waals surface area contributed by atoms with Crippen LogP contribution in [0.4, 0.5) is 0 Å². The van der Waals surface area contributed by atoms with Gasteiger partial charge in [0, 0.05) is 11.8 Å². The predicted molar refractivity (Wildman–Crippen MR) is 82.1 cm³/mol. The second-order valence-electron chi connectivity index (χ2n) is 7.33. The molecule has 0 saturated heterocycles. The van der Waals surface area contributed by atoms with Crippen molar-refractivity contribution in [3.05, 3.63) is 5.82 Å². The maximum Gasteiger partial charge on any atom is 0.208 e. The first-order valence-electron chi connectivity index (χ1n) is 8.24. The summed E-state index contributed by atoms with van der Waals surface area (Å²) in [6, 6.07) is 0. The van der Waals surface area contributed by atoms with Gasteiger partial charge in [0.2, 0.25) is 5.16 Å². The molecule has 4 nitrogen and oxygen atoms in total. The van der Waals surface area contributed by atoms with Gasteiger partial charge in [-0.3, -0.25) is 9.89 Å². The highest BCUT2D eigenvalue weighted by Gasteiger charge is 2.54. The van der Waals surface area contributed by atoms with E-state index in [1.54, 1.807) is 0 Å². The lowest BCUT2D eigenvalue weighted by Crippen LogP contribution is -2.50. The molecule has 4 bridgehead atoms. The highest BCUT2D eigenvalue weighted by molar-refractivity contribution is 7.99. The number of rotatable bonds is 5. The molecule has 1 heterocycles. The molecule has 1 N–H and O–H groups in total. The van der Waals surface area contributed by atoms with Gasteiger partial charge < -0.3 is 0 Å². The van der Waals surface area contributed by atoms with Crippen molar-refractivity contribution in [3.63, 3.8) is 0 Å². The first kappa shape index (κ1) is 13.8. The van der Waals surface area contributed by atoms with Gasteiger partial charge in [0.1, 0.15) is 11.6 Å². The fourth-order valence-electron chi connectivity index (χ4n) is 5.24. The first-order chi connectivity index (χ1) is 10.2. The van der Waals surface area contributed by atoms with Gasteiger partial charge >= 0.3 is 0 Å². The highest BCUT2D eigenvalue weighted by atomic mass is 32.2. The summed E-state index contributed by atoms with van der Waals surface area (Å²) in [5.74, 6) is 4.42. The van der Waals surface area contributed by atoms with Crippen molar-refractivity contribution >= 4 is 17.5 Å². The number of carbonyl (C=O) groups is 1. The molecule has 114 valence electrons. The Morgan fingerprint density at radius 2 is 1.86 bits per heavy atom. The minimum Gasteiger partial charge on any atom is -0.298 e. The minimum absolute atomic E-state index is 0.0195. The van der Waals surface area contributed by atoms with E-state index in [2.05, 4.69) is 22.1 Å². The molecule has 0 aromatic carbocycles. The van der Waals surface area contributed by atoms with Crippen molar-refractivity contribution in [3.8, 4) is 0 Å². The lowest BCUT2D eigenvalue weighted by Gasteiger charge is -2.56. The smallest absolute Gasteiger partial charge is 0.208 e. The second kappa shape index (κ2) is 5.11. The van der Waals surface area contributed by atoms with Crippen LogP contribution in [0.25, 0.3) is 0 Å². The summed E-state index contributed by atoms with van der Waals surface area (Å²) in [7, 11) is 0. The number of Topliss-reactive ketones (excluding diaryl/α,β-unsaturated/α-hetero) is 1. The molecule has 4 saturated carbocycles. The van der Waals surface area contributed by atoms with Gasteiger partial charge in [-0.1, -0.05) is 18.7 Å². The van der Waals surface area contributed by atoms with Gasteiger partial charge in [0.25, 0.3) is 0 Å². The summed E-state index contributed by atoms with van der Waals surface area (Å²) in [5, 5.41) is 7.83. The zero-order valence-corrected chi connectivity index (χ0v) is 13.4. The molecule has 0 radical (unpaired) electrons. The van der Waals surface area contributed by atoms with Crippen molar-refractivity contribution in [1.29, 1.82) is 0 Å². The molecular formula is C16H23N3OS. The van der Waals surface area contributed by atoms with E-state index in [4.69, 9.17) is 0 Å². The van der Waals surface area contributed by atoms with Crippen molar-refractivity contribution in [2.45, 2.75) is 57.0 Å². The number of thioether (sulfide) groups is 1. The van der Waals surface area contributed by atoms with E-state index in [-0.39, 0.29) is 5.41 Å². The Morgan fingerprint density at radius 3 is 2.38 bits per heavy atom. The largest absolute Gasteiger partial charge is 0.298 e. The number of aromatic nitrogens is 3. The van der Waals surface area contributed by atoms with E-state index in [9.17, 15) is 4.79 Å². The standard InChI is InChI=1S/C16H23N3OS/c1-2-14-17-15(19-18-14)21-9-13(20)16-6-10-3-11(7-16)5-12(4-10)8-16/h10-12H,2-9H2,1H3,(H,17,18,19). The predicted octanol–water partition coefficient (Wildman–Crippen LogP) is 3.24. The fourth-order valence-corrected chi connectivity index (χ4v) is 6.09. The first-order valence-corrected chi connectivity index (χ1v) is 9.23. The van der Waals surface area contributed by atoms with E-state index >= 15 is 0 Å². The van der Waals surface area contributed by atoms with Crippen molar-refractivity contribution < 1.29 is 4.79 Å². The Morgan fingerprint density at radius 1 is 1.24 bits per heavy atom. The molecule has 0 aliphatic heterocycles. The van der Waals surface area contributed by atoms with Crippen LogP contribution in [-0.4, -0.2) is 26.7 Å². The van der Waals surface area contributed by atoms with Crippen LogP contribution in [0.3, 0.4) is 0 Å². The Labute approximate surface area is 129 Å². The van der Waals surface area contributed by atoms with Crippen LogP contribution in [0, 0.1) is 23.2 Å². The van der Waals surface area contributed by atoms with E-state index in [0.717, 1.165) is 54.4 Å². The zero-order valence-electron chi connectivity index (χ0n) is 12.6. The van der Waals surface area contributed by atoms with Gasteiger partial charge in [-0.2, -0.15) is 0 Å². The van der Waals surface area contributed by atoms with Gasteiger partial charge in [0.15, 0.2) is 0 Å². The summed E-state index contributed by atoms with van der Waals surface area (Å²) in [4.78, 5) is 17.3. The van der Waals surface area contributed by atoms with Gasteiger partial charge in [-0.15, -0.1) is 5.10 Å². The second-order valence-corrected chi connectivity index (χ2v) is 8.27. The van der Waals surface area contributed by atoms with Crippen LogP contribution in [0.2, 0.25) is 0 Å². The zero-order chi connectivity index (χ0) is 14.4. The summed E-state index contributed by atoms with van der Waals surface area (Å²) in [5.41, 5.74) is 0.0195. The monoisotopic (exact) mass is 305 g/mol. The summed E-state index contributed by atoms with van der Waals surface area (Å²) in [6.45, 7) is 2.05. The van der Waals surface area contributed by atoms with E-state index < -0.39 is 0 Å². The summed E-state index contributed by atoms with van der Waals surface area (Å²) in [6.07, 6.45) is 8.50. The average Bonchev–Trinajstić information content (AvgIpc) is 2.91. The molecule has 0 atom stereocenters. The topological polar surface area (TPSA) is 58.6 Å². The van der Waals surface area contributed by atoms with Crippen LogP contribution in [-0.2, 0) is 11.2 Å². The number of hydrogen-bond acceptors (Lipinski definition) is 4. The number of nitrogens with one attached hydrogen (secondary N) is 1. The van der Waals surface area contributed by atoms with E-state index in [1.807, 2.05) is 0 Å². The molecule has 4 aliphatic rings. The van der Waals surface area contributed by atoms with Crippen molar-refractivity contribution in [2.24, 2.45) is 23.2 Å². The molecule has 1 aromatic heterocycles. The number of hydrogen-bond donors (Lipinski definition) is 1. The lowest BCUT2D eigenvalue weighted by atomic mass is 9.48. The van der Waals surface area contributed by atoms with E-state index in [1.165, 1.54) is 31.0 Å². The van der Waals surface area contributed by atoms with E-state index in [0.29, 0.717) is 11.5 Å². The fraction of sp³-hybridized carbons (Fsp3) is 0.812. The molecule has 5 rings (SSSR count). The van der Waals surface area contributed by atoms with Crippen LogP contribution in [0.1, 0.15) is 51.3 Å². The average molecular weight is 305 g/mol. The number of nitrogens with zero attached hydrogens (tertiary/aromatic N) is 2. The molecule has 4 fully saturated rings. The molecule has 0 amide bonds. The Balaban J connectivity index is 1.43. The Hall–Kier alpha value is -0.840. The highest BCUT2D eigenvalue weighted by Crippen LogP contribution is 2.60. The number of ketones is 1. The third kappa shape index (κ3) is 2.43. The number of aryl methyl sites for hydroxylation is 1. The minimum atomic E-state index is 0.0195. The Bertz CT molecular complexity index is 518. The summed E-state index contributed by atoms with van der Waals surface area (Å²) >= 11 is 1.51. The normalized spacial score (nSPS) is 37.1. The molecule has 5 heteroatoms. The number of carbonyl (C=O) groups excluding carboxylic acids is 1. The molecule has 4 aliphatic carbocycles. The van der Waals surface area contributed by atoms with Crippen LogP contribution in [0.15, 0.2) is 5.16 Å². The van der Waals surface area contributed by atoms with Crippen LogP contribution >= 0.6 is 11.8 Å². The number of H-pyrrole nitrogens is 1. The molecule has 1 aromatic rings. The summed E-state index contributed by atoms with van der Waals surface area (Å²) < 4.78 is 0. The van der Waals surface area contributed by atoms with Gasteiger partial charge in [-0.05, 0) is 56.3 Å². The third-order valence-corrected chi connectivity index (χ3v) is 6.66. The van der Waals surface area contributed by atoms with Crippen LogP contribution < -0.4 is 0 Å². The van der Waals surface area contributed by atoms with Crippen molar-refractivity contribution in [2.75, 3.05) is 5.75 Å². The van der Waals surface area contributed by atoms with Gasteiger partial charge in [-0.25, -0.2) is 4.98 Å². The third-order valence-electron chi connectivity index (χ3n) is 5.81. The molecule has 21 heavy (non-hydrogen) atoms. The molecular weight excluding hydrogens is 282 g/mol. The maximum absolute atomic E-state index is 12.9. The van der Waals surface area contributed by atoms with Crippen LogP contribution in [0.5, 0.6) is 0 Å². The number of aromatic amines is 1. The lowest BCUT2D eigenvalue weighted by molar-refractivity contribution is -0.141. The quantitative estimate of drug-likeness (QED) is 0.848. The van der Waals surface area contributed by atoms with Crippen molar-refractivity contribution in [1.82, 2.24) is 15.2 Å².